The van der Waals surface area contributed by atoms with Crippen molar-refractivity contribution in [1.82, 2.24) is 25.7 Å². The summed E-state index contributed by atoms with van der Waals surface area (Å²) in [5, 5.41) is 13.3. The largest absolute Gasteiger partial charge is 0.356 e. The first-order valence-electron chi connectivity index (χ1n) is 8.26. The van der Waals surface area contributed by atoms with Gasteiger partial charge in [-0.25, -0.2) is 0 Å². The quantitative estimate of drug-likeness (QED) is 0.712. The maximum atomic E-state index is 12.2. The maximum Gasteiger partial charge on any atom is 0.271 e. The third-order valence-corrected chi connectivity index (χ3v) is 4.13. The second-order valence-corrected chi connectivity index (χ2v) is 6.61. The predicted molar refractivity (Wildman–Crippen MR) is 95.4 cm³/mol. The Morgan fingerprint density at radius 3 is 2.79 bits per heavy atom. The number of nitrogens with zero attached hydrogens (tertiary/aromatic N) is 2. The van der Waals surface area contributed by atoms with E-state index in [1.807, 2.05) is 31.6 Å². The zero-order valence-electron chi connectivity index (χ0n) is 14.6. The summed E-state index contributed by atoms with van der Waals surface area (Å²) >= 11 is 0. The van der Waals surface area contributed by atoms with Crippen molar-refractivity contribution in [2.45, 2.75) is 39.7 Å². The standard InChI is InChI=1S/C16H27N5O2.ClH/c1-4-18-15(23)16(2,3)11-19-14(22)13-7-9-21(20-13)12-6-5-8-17-10-12;/h7,9,12,17H,4-6,8,10-11H2,1-3H3,(H,18,23)(H,19,22);1H. The van der Waals surface area contributed by atoms with Gasteiger partial charge in [-0.05, 0) is 46.2 Å². The number of halogens is 1. The first kappa shape index (κ1) is 20.4. The third-order valence-electron chi connectivity index (χ3n) is 4.13. The molecule has 7 nitrogen and oxygen atoms in total. The molecule has 0 bridgehead atoms. The molecule has 136 valence electrons. The number of rotatable bonds is 6. The molecule has 2 amide bonds. The van der Waals surface area contributed by atoms with E-state index < -0.39 is 5.41 Å². The minimum Gasteiger partial charge on any atom is -0.356 e. The van der Waals surface area contributed by atoms with Crippen molar-refractivity contribution in [3.05, 3.63) is 18.0 Å². The van der Waals surface area contributed by atoms with E-state index in [0.717, 1.165) is 25.9 Å². The summed E-state index contributed by atoms with van der Waals surface area (Å²) in [5.41, 5.74) is -0.260. The summed E-state index contributed by atoms with van der Waals surface area (Å²) in [6, 6.07) is 2.03. The van der Waals surface area contributed by atoms with Gasteiger partial charge in [-0.1, -0.05) is 0 Å². The Labute approximate surface area is 149 Å². The van der Waals surface area contributed by atoms with Crippen molar-refractivity contribution in [2.24, 2.45) is 5.41 Å². The Bertz CT molecular complexity index is 552. The van der Waals surface area contributed by atoms with Crippen molar-refractivity contribution < 1.29 is 9.59 Å². The van der Waals surface area contributed by atoms with Crippen molar-refractivity contribution in [1.29, 1.82) is 0 Å². The Morgan fingerprint density at radius 1 is 1.42 bits per heavy atom. The van der Waals surface area contributed by atoms with Crippen molar-refractivity contribution in [3.63, 3.8) is 0 Å². The second kappa shape index (κ2) is 9.03. The molecule has 0 aromatic carbocycles. The molecule has 1 saturated heterocycles. The Balaban J connectivity index is 0.00000288. The number of carbonyl (C=O) groups excluding carboxylic acids is 2. The first-order valence-corrected chi connectivity index (χ1v) is 8.26. The highest BCUT2D eigenvalue weighted by Crippen LogP contribution is 2.16. The van der Waals surface area contributed by atoms with Crippen molar-refractivity contribution in [2.75, 3.05) is 26.2 Å². The van der Waals surface area contributed by atoms with E-state index in [-0.39, 0.29) is 30.8 Å². The van der Waals surface area contributed by atoms with Gasteiger partial charge < -0.3 is 16.0 Å². The monoisotopic (exact) mass is 357 g/mol. The van der Waals surface area contributed by atoms with Crippen LogP contribution in [0.15, 0.2) is 12.3 Å². The second-order valence-electron chi connectivity index (χ2n) is 6.61. The number of aromatic nitrogens is 2. The van der Waals surface area contributed by atoms with Gasteiger partial charge in [0.2, 0.25) is 5.91 Å². The van der Waals surface area contributed by atoms with E-state index in [4.69, 9.17) is 0 Å². The normalized spacial score (nSPS) is 17.7. The van der Waals surface area contributed by atoms with Crippen LogP contribution in [0.5, 0.6) is 0 Å². The van der Waals surface area contributed by atoms with Crippen LogP contribution < -0.4 is 16.0 Å². The lowest BCUT2D eigenvalue weighted by Gasteiger charge is -2.23. The molecular formula is C16H28ClN5O2. The van der Waals surface area contributed by atoms with E-state index in [0.29, 0.717) is 18.3 Å². The van der Waals surface area contributed by atoms with Gasteiger partial charge in [0.25, 0.3) is 5.91 Å². The average Bonchev–Trinajstić information content (AvgIpc) is 3.04. The first-order chi connectivity index (χ1) is 10.9. The van der Waals surface area contributed by atoms with Crippen LogP contribution in [0.1, 0.15) is 50.1 Å². The van der Waals surface area contributed by atoms with Crippen molar-refractivity contribution in [3.8, 4) is 0 Å². The van der Waals surface area contributed by atoms with E-state index in [2.05, 4.69) is 21.0 Å². The number of carbonyl (C=O) groups is 2. The molecule has 0 aliphatic carbocycles. The lowest BCUT2D eigenvalue weighted by molar-refractivity contribution is -0.128. The number of hydrogen-bond acceptors (Lipinski definition) is 4. The fraction of sp³-hybridized carbons (Fsp3) is 0.688. The Morgan fingerprint density at radius 2 is 2.17 bits per heavy atom. The minimum absolute atomic E-state index is 0. The van der Waals surface area contributed by atoms with Crippen molar-refractivity contribution >= 4 is 24.2 Å². The van der Waals surface area contributed by atoms with Crippen LogP contribution >= 0.6 is 12.4 Å². The topological polar surface area (TPSA) is 88.0 Å². The van der Waals surface area contributed by atoms with E-state index >= 15 is 0 Å². The highest BCUT2D eigenvalue weighted by atomic mass is 35.5. The van der Waals surface area contributed by atoms with Crippen LogP contribution in [-0.4, -0.2) is 47.8 Å². The summed E-state index contributed by atoms with van der Waals surface area (Å²) in [5.74, 6) is -0.316. The molecule has 1 atom stereocenters. The molecule has 1 unspecified atom stereocenters. The van der Waals surface area contributed by atoms with Gasteiger partial charge in [0, 0.05) is 25.8 Å². The molecule has 2 rings (SSSR count). The number of amides is 2. The highest BCUT2D eigenvalue weighted by molar-refractivity contribution is 5.92. The third kappa shape index (κ3) is 5.21. The lowest BCUT2D eigenvalue weighted by Crippen LogP contribution is -2.44. The zero-order valence-corrected chi connectivity index (χ0v) is 15.4. The van der Waals surface area contributed by atoms with Crippen LogP contribution in [-0.2, 0) is 4.79 Å². The smallest absolute Gasteiger partial charge is 0.271 e. The fourth-order valence-corrected chi connectivity index (χ4v) is 2.59. The van der Waals surface area contributed by atoms with Gasteiger partial charge >= 0.3 is 0 Å². The van der Waals surface area contributed by atoms with Crippen LogP contribution in [0.2, 0.25) is 0 Å². The summed E-state index contributed by atoms with van der Waals surface area (Å²) in [6.45, 7) is 8.27. The summed E-state index contributed by atoms with van der Waals surface area (Å²) < 4.78 is 1.86. The number of hydrogen-bond donors (Lipinski definition) is 3. The number of nitrogens with one attached hydrogen (secondary N) is 3. The molecule has 0 radical (unpaired) electrons. The predicted octanol–water partition coefficient (Wildman–Crippen LogP) is 1.12. The molecule has 1 aromatic heterocycles. The summed E-state index contributed by atoms with van der Waals surface area (Å²) in [6.07, 6.45) is 4.04. The van der Waals surface area contributed by atoms with Gasteiger partial charge in [0.05, 0.1) is 11.5 Å². The minimum atomic E-state index is -0.651. The Hall–Kier alpha value is -1.60. The highest BCUT2D eigenvalue weighted by Gasteiger charge is 2.28. The molecule has 24 heavy (non-hydrogen) atoms. The van der Waals surface area contributed by atoms with Gasteiger partial charge in [-0.15, -0.1) is 12.4 Å². The van der Waals surface area contributed by atoms with E-state index in [1.54, 1.807) is 6.07 Å². The van der Waals surface area contributed by atoms with Gasteiger partial charge in [0.15, 0.2) is 0 Å². The molecule has 2 heterocycles. The summed E-state index contributed by atoms with van der Waals surface area (Å²) in [4.78, 5) is 24.2. The van der Waals surface area contributed by atoms with Crippen LogP contribution in [0.3, 0.4) is 0 Å². The maximum absolute atomic E-state index is 12.2. The lowest BCUT2D eigenvalue weighted by atomic mass is 9.92. The SMILES string of the molecule is CCNC(=O)C(C)(C)CNC(=O)c1ccn(C2CCCNC2)n1.Cl. The molecule has 1 aliphatic heterocycles. The molecular weight excluding hydrogens is 330 g/mol. The molecule has 1 fully saturated rings. The van der Waals surface area contributed by atoms with Crippen LogP contribution in [0.4, 0.5) is 0 Å². The number of piperidine rings is 1. The zero-order chi connectivity index (χ0) is 16.9. The molecule has 1 aliphatic rings. The Kier molecular flexibility index (Phi) is 7.69. The molecule has 0 spiro atoms. The van der Waals surface area contributed by atoms with Gasteiger partial charge in [-0.2, -0.15) is 5.10 Å². The van der Waals surface area contributed by atoms with Gasteiger partial charge in [-0.3, -0.25) is 14.3 Å². The van der Waals surface area contributed by atoms with E-state index in [1.165, 1.54) is 0 Å². The van der Waals surface area contributed by atoms with E-state index in [9.17, 15) is 9.59 Å². The molecule has 0 saturated carbocycles. The van der Waals surface area contributed by atoms with Crippen LogP contribution in [0, 0.1) is 5.41 Å². The summed E-state index contributed by atoms with van der Waals surface area (Å²) in [7, 11) is 0. The molecule has 8 heteroatoms. The van der Waals surface area contributed by atoms with Gasteiger partial charge in [0.1, 0.15) is 5.69 Å². The molecule has 1 aromatic rings. The fourth-order valence-electron chi connectivity index (χ4n) is 2.59. The van der Waals surface area contributed by atoms with Crippen LogP contribution in [0.25, 0.3) is 0 Å². The average molecular weight is 358 g/mol. The molecule has 3 N–H and O–H groups in total.